The fraction of sp³-hybridized carbons (Fsp3) is 0.0952. The number of nitrogens with zero attached hydrogens (tertiary/aromatic N) is 1. The molecule has 0 fully saturated rings. The summed E-state index contributed by atoms with van der Waals surface area (Å²) in [6.45, 7) is 0.461. The van der Waals surface area contributed by atoms with Crippen molar-refractivity contribution in [2.24, 2.45) is 0 Å². The highest BCUT2D eigenvalue weighted by Gasteiger charge is 2.33. The number of halogens is 2. The van der Waals surface area contributed by atoms with E-state index in [4.69, 9.17) is 11.6 Å². The van der Waals surface area contributed by atoms with E-state index < -0.39 is 0 Å². The van der Waals surface area contributed by atoms with Gasteiger partial charge >= 0.3 is 6.03 Å². The Labute approximate surface area is 156 Å². The van der Waals surface area contributed by atoms with Crippen LogP contribution < -0.4 is 10.2 Å². The first-order valence-corrected chi connectivity index (χ1v) is 8.68. The second-order valence-electron chi connectivity index (χ2n) is 6.21. The second-order valence-corrected chi connectivity index (χ2v) is 6.65. The first-order valence-electron chi connectivity index (χ1n) is 8.30. The molecule has 1 unspecified atom stereocenters. The highest BCUT2D eigenvalue weighted by atomic mass is 35.5. The van der Waals surface area contributed by atoms with Crippen LogP contribution in [0.15, 0.2) is 72.8 Å². The number of anilines is 2. The summed E-state index contributed by atoms with van der Waals surface area (Å²) in [6, 6.07) is 21.1. The van der Waals surface area contributed by atoms with Gasteiger partial charge in [-0.25, -0.2) is 9.18 Å². The molecule has 5 heteroatoms. The van der Waals surface area contributed by atoms with Crippen LogP contribution in [0.4, 0.5) is 20.6 Å². The van der Waals surface area contributed by atoms with E-state index in [0.29, 0.717) is 17.3 Å². The molecule has 0 spiro atoms. The van der Waals surface area contributed by atoms with Gasteiger partial charge in [0.2, 0.25) is 0 Å². The first kappa shape index (κ1) is 16.6. The minimum absolute atomic E-state index is 0.0575. The molecule has 0 bridgehead atoms. The van der Waals surface area contributed by atoms with E-state index in [1.54, 1.807) is 35.2 Å². The molecular weight excluding hydrogens is 351 g/mol. The monoisotopic (exact) mass is 366 g/mol. The molecule has 3 aromatic carbocycles. The molecule has 130 valence electrons. The number of urea groups is 1. The Morgan fingerprint density at radius 2 is 1.77 bits per heavy atom. The van der Waals surface area contributed by atoms with Crippen molar-refractivity contribution in [1.82, 2.24) is 0 Å². The Kier molecular flexibility index (Phi) is 4.35. The molecule has 3 nitrogen and oxygen atoms in total. The van der Waals surface area contributed by atoms with Gasteiger partial charge in [-0.2, -0.15) is 0 Å². The van der Waals surface area contributed by atoms with E-state index >= 15 is 0 Å². The van der Waals surface area contributed by atoms with Gasteiger partial charge in [-0.3, -0.25) is 4.90 Å². The zero-order valence-corrected chi connectivity index (χ0v) is 14.6. The molecule has 3 aromatic rings. The van der Waals surface area contributed by atoms with Crippen molar-refractivity contribution < 1.29 is 9.18 Å². The van der Waals surface area contributed by atoms with Gasteiger partial charge in [0.1, 0.15) is 5.82 Å². The summed E-state index contributed by atoms with van der Waals surface area (Å²) < 4.78 is 13.8. The number of nitrogens with one attached hydrogen (secondary N) is 1. The lowest BCUT2D eigenvalue weighted by Crippen LogP contribution is -2.34. The molecule has 1 atom stereocenters. The van der Waals surface area contributed by atoms with Crippen LogP contribution in [0, 0.1) is 5.82 Å². The fourth-order valence-corrected chi connectivity index (χ4v) is 3.44. The molecule has 1 aliphatic rings. The maximum Gasteiger partial charge on any atom is 0.326 e. The molecular formula is C21H16ClFN2O. The number of rotatable bonds is 2. The lowest BCUT2D eigenvalue weighted by molar-refractivity contribution is 0.257. The van der Waals surface area contributed by atoms with Crippen LogP contribution in [0.2, 0.25) is 5.02 Å². The summed E-state index contributed by atoms with van der Waals surface area (Å²) in [6.07, 6.45) is 0. The van der Waals surface area contributed by atoms with E-state index in [-0.39, 0.29) is 17.8 Å². The Bertz CT molecular complexity index is 944. The lowest BCUT2D eigenvalue weighted by atomic mass is 9.93. The summed E-state index contributed by atoms with van der Waals surface area (Å²) in [4.78, 5) is 14.5. The van der Waals surface area contributed by atoms with Gasteiger partial charge in [0.15, 0.2) is 0 Å². The van der Waals surface area contributed by atoms with E-state index in [0.717, 1.165) is 16.8 Å². The standard InChI is InChI=1S/C21H16ClFN2O/c22-15-6-9-17(10-7-15)24-21(26)25-13-19(14-4-2-1-3-5-14)18-12-16(23)8-11-20(18)25/h1-12,19H,13H2,(H,24,26). The first-order chi connectivity index (χ1) is 12.6. The number of carbonyl (C=O) groups excluding carboxylic acids is 1. The number of amides is 2. The van der Waals surface area contributed by atoms with Crippen LogP contribution in [-0.4, -0.2) is 12.6 Å². The predicted molar refractivity (Wildman–Crippen MR) is 103 cm³/mol. The average molecular weight is 367 g/mol. The normalized spacial score (nSPS) is 15.6. The Hall–Kier alpha value is -2.85. The largest absolute Gasteiger partial charge is 0.326 e. The van der Waals surface area contributed by atoms with E-state index in [1.807, 2.05) is 30.3 Å². The van der Waals surface area contributed by atoms with Gasteiger partial charge in [-0.05, 0) is 53.6 Å². The number of hydrogen-bond acceptors (Lipinski definition) is 1. The maximum absolute atomic E-state index is 13.8. The van der Waals surface area contributed by atoms with Crippen molar-refractivity contribution in [3.8, 4) is 0 Å². The molecule has 1 N–H and O–H groups in total. The summed E-state index contributed by atoms with van der Waals surface area (Å²) in [5, 5.41) is 3.48. The quantitative estimate of drug-likeness (QED) is 0.623. The summed E-state index contributed by atoms with van der Waals surface area (Å²) in [5.74, 6) is -0.359. The number of fused-ring (bicyclic) bond motifs is 1. The van der Waals surface area contributed by atoms with E-state index in [1.165, 1.54) is 12.1 Å². The van der Waals surface area contributed by atoms with Crippen LogP contribution in [0.3, 0.4) is 0 Å². The van der Waals surface area contributed by atoms with Gasteiger partial charge in [-0.15, -0.1) is 0 Å². The van der Waals surface area contributed by atoms with Crippen molar-refractivity contribution in [1.29, 1.82) is 0 Å². The fourth-order valence-electron chi connectivity index (χ4n) is 3.32. The summed E-state index contributed by atoms with van der Waals surface area (Å²) in [7, 11) is 0. The Balaban J connectivity index is 1.65. The topological polar surface area (TPSA) is 32.3 Å². The van der Waals surface area contributed by atoms with Crippen LogP contribution in [0.1, 0.15) is 17.0 Å². The summed E-state index contributed by atoms with van der Waals surface area (Å²) >= 11 is 5.89. The second kappa shape index (κ2) is 6.81. The molecule has 0 radical (unpaired) electrons. The minimum atomic E-state index is -0.301. The van der Waals surface area contributed by atoms with E-state index in [2.05, 4.69) is 5.32 Å². The smallest absolute Gasteiger partial charge is 0.308 e. The molecule has 0 saturated heterocycles. The van der Waals surface area contributed by atoms with Crippen LogP contribution in [0.5, 0.6) is 0 Å². The molecule has 1 aliphatic heterocycles. The number of hydrogen-bond donors (Lipinski definition) is 1. The SMILES string of the molecule is O=C(Nc1ccc(Cl)cc1)N1CC(c2ccccc2)c2cc(F)ccc21. The maximum atomic E-state index is 13.8. The van der Waals surface area contributed by atoms with Crippen LogP contribution in [0.25, 0.3) is 0 Å². The summed E-state index contributed by atoms with van der Waals surface area (Å²) in [5.41, 5.74) is 3.27. The third-order valence-electron chi connectivity index (χ3n) is 4.56. The zero-order valence-electron chi connectivity index (χ0n) is 13.8. The van der Waals surface area contributed by atoms with Crippen molar-refractivity contribution >= 4 is 29.0 Å². The number of carbonyl (C=O) groups is 1. The molecule has 4 rings (SSSR count). The molecule has 0 saturated carbocycles. The predicted octanol–water partition coefficient (Wildman–Crippen LogP) is 5.66. The molecule has 0 aliphatic carbocycles. The van der Waals surface area contributed by atoms with Crippen molar-refractivity contribution in [3.05, 3.63) is 94.8 Å². The Morgan fingerprint density at radius 1 is 1.04 bits per heavy atom. The molecule has 26 heavy (non-hydrogen) atoms. The van der Waals surface area contributed by atoms with Gasteiger partial charge in [0.05, 0.1) is 0 Å². The van der Waals surface area contributed by atoms with Gasteiger partial charge in [0.25, 0.3) is 0 Å². The van der Waals surface area contributed by atoms with Crippen molar-refractivity contribution in [2.75, 3.05) is 16.8 Å². The average Bonchev–Trinajstić information content (AvgIpc) is 3.03. The molecule has 0 aromatic heterocycles. The third-order valence-corrected chi connectivity index (χ3v) is 4.82. The van der Waals surface area contributed by atoms with Crippen LogP contribution >= 0.6 is 11.6 Å². The minimum Gasteiger partial charge on any atom is -0.308 e. The zero-order chi connectivity index (χ0) is 18.1. The highest BCUT2D eigenvalue weighted by Crippen LogP contribution is 2.40. The molecule has 2 amide bonds. The number of benzene rings is 3. The van der Waals surface area contributed by atoms with Gasteiger partial charge < -0.3 is 5.32 Å². The highest BCUT2D eigenvalue weighted by molar-refractivity contribution is 6.30. The van der Waals surface area contributed by atoms with Crippen molar-refractivity contribution in [2.45, 2.75) is 5.92 Å². The van der Waals surface area contributed by atoms with Gasteiger partial charge in [0, 0.05) is 28.9 Å². The molecule has 1 heterocycles. The van der Waals surface area contributed by atoms with Gasteiger partial charge in [-0.1, -0.05) is 41.9 Å². The lowest BCUT2D eigenvalue weighted by Gasteiger charge is -2.19. The van der Waals surface area contributed by atoms with E-state index in [9.17, 15) is 9.18 Å². The Morgan fingerprint density at radius 3 is 2.50 bits per heavy atom. The van der Waals surface area contributed by atoms with Crippen molar-refractivity contribution in [3.63, 3.8) is 0 Å². The third kappa shape index (κ3) is 3.16. The van der Waals surface area contributed by atoms with Crippen LogP contribution in [-0.2, 0) is 0 Å².